The molecule has 0 saturated carbocycles. The van der Waals surface area contributed by atoms with Crippen molar-refractivity contribution in [2.75, 3.05) is 0 Å². The van der Waals surface area contributed by atoms with Crippen molar-refractivity contribution < 1.29 is 15.0 Å². The Labute approximate surface area is 150 Å². The normalized spacial score (nSPS) is 12.4. The summed E-state index contributed by atoms with van der Waals surface area (Å²) in [6.45, 7) is 2.26. The van der Waals surface area contributed by atoms with E-state index in [-0.39, 0.29) is 6.10 Å². The van der Waals surface area contributed by atoms with Gasteiger partial charge in [-0.3, -0.25) is 4.79 Å². The number of hydrogen-bond donors (Lipinski definition) is 2. The molecular formula is C21H42O3. The van der Waals surface area contributed by atoms with E-state index in [0.29, 0.717) is 6.42 Å². The van der Waals surface area contributed by atoms with E-state index in [0.717, 1.165) is 51.4 Å². The first kappa shape index (κ1) is 23.4. The number of rotatable bonds is 19. The predicted molar refractivity (Wildman–Crippen MR) is 102 cm³/mol. The molecule has 2 N–H and O–H groups in total. The fourth-order valence-corrected chi connectivity index (χ4v) is 3.20. The summed E-state index contributed by atoms with van der Waals surface area (Å²) in [6.07, 6.45) is 20.5. The summed E-state index contributed by atoms with van der Waals surface area (Å²) in [5, 5.41) is 18.5. The topological polar surface area (TPSA) is 57.5 Å². The van der Waals surface area contributed by atoms with Crippen LogP contribution in [0.1, 0.15) is 122 Å². The van der Waals surface area contributed by atoms with Gasteiger partial charge in [-0.25, -0.2) is 0 Å². The van der Waals surface area contributed by atoms with E-state index in [1.54, 1.807) is 0 Å². The van der Waals surface area contributed by atoms with E-state index >= 15 is 0 Å². The number of aliphatic hydroxyl groups is 1. The zero-order valence-electron chi connectivity index (χ0n) is 16.1. The third-order valence-corrected chi connectivity index (χ3v) is 4.82. The molecule has 24 heavy (non-hydrogen) atoms. The maximum atomic E-state index is 10.4. The number of hydrogen-bond acceptors (Lipinski definition) is 2. The summed E-state index contributed by atoms with van der Waals surface area (Å²) in [6, 6.07) is 0. The molecule has 0 aliphatic rings. The molecule has 0 aromatic carbocycles. The molecule has 1 atom stereocenters. The van der Waals surface area contributed by atoms with Gasteiger partial charge in [-0.15, -0.1) is 0 Å². The van der Waals surface area contributed by atoms with Crippen LogP contribution < -0.4 is 0 Å². The number of carboxylic acid groups (broad SMARTS) is 1. The molecule has 3 heteroatoms. The predicted octanol–water partition coefficient (Wildman–Crippen LogP) is 6.47. The number of aliphatic carboxylic acids is 1. The molecule has 0 amide bonds. The van der Waals surface area contributed by atoms with Crippen molar-refractivity contribution in [3.05, 3.63) is 0 Å². The highest BCUT2D eigenvalue weighted by Crippen LogP contribution is 2.15. The molecule has 3 nitrogen and oxygen atoms in total. The molecule has 0 aromatic rings. The van der Waals surface area contributed by atoms with Crippen LogP contribution in [-0.4, -0.2) is 22.3 Å². The Morgan fingerprint density at radius 3 is 1.46 bits per heavy atom. The van der Waals surface area contributed by atoms with Crippen LogP contribution >= 0.6 is 0 Å². The van der Waals surface area contributed by atoms with Gasteiger partial charge >= 0.3 is 5.97 Å². The Bertz CT molecular complexity index is 266. The summed E-state index contributed by atoms with van der Waals surface area (Å²) >= 11 is 0. The number of aliphatic hydroxyl groups excluding tert-OH is 1. The number of carboxylic acids is 1. The minimum atomic E-state index is -0.693. The summed E-state index contributed by atoms with van der Waals surface area (Å²) in [5.41, 5.74) is 0. The van der Waals surface area contributed by atoms with E-state index in [1.807, 2.05) is 0 Å². The zero-order valence-corrected chi connectivity index (χ0v) is 16.1. The van der Waals surface area contributed by atoms with Crippen LogP contribution in [0.3, 0.4) is 0 Å². The van der Waals surface area contributed by atoms with Crippen molar-refractivity contribution in [2.45, 2.75) is 129 Å². The molecule has 0 aliphatic carbocycles. The highest BCUT2D eigenvalue weighted by molar-refractivity contribution is 5.66. The van der Waals surface area contributed by atoms with Crippen LogP contribution in [0, 0.1) is 0 Å². The Hall–Kier alpha value is -0.570. The number of unbranched alkanes of at least 4 members (excludes halogenated alkanes) is 13. The molecule has 1 unspecified atom stereocenters. The van der Waals surface area contributed by atoms with E-state index in [2.05, 4.69) is 6.92 Å². The molecule has 0 heterocycles. The summed E-state index contributed by atoms with van der Waals surface area (Å²) in [4.78, 5) is 10.4. The van der Waals surface area contributed by atoms with Gasteiger partial charge in [0.2, 0.25) is 0 Å². The Kier molecular flexibility index (Phi) is 18.3. The monoisotopic (exact) mass is 342 g/mol. The molecule has 0 bridgehead atoms. The quantitative estimate of drug-likeness (QED) is 0.264. The second kappa shape index (κ2) is 18.8. The molecular weight excluding hydrogens is 300 g/mol. The first-order chi connectivity index (χ1) is 11.7. The van der Waals surface area contributed by atoms with Crippen LogP contribution in [0.2, 0.25) is 0 Å². The Balaban J connectivity index is 3.15. The van der Waals surface area contributed by atoms with Gasteiger partial charge in [-0.1, -0.05) is 96.8 Å². The molecule has 0 spiro atoms. The third-order valence-electron chi connectivity index (χ3n) is 4.82. The van der Waals surface area contributed by atoms with Crippen molar-refractivity contribution in [1.29, 1.82) is 0 Å². The lowest BCUT2D eigenvalue weighted by molar-refractivity contribution is -0.137. The molecule has 144 valence electrons. The first-order valence-electron chi connectivity index (χ1n) is 10.6. The van der Waals surface area contributed by atoms with Gasteiger partial charge in [-0.2, -0.15) is 0 Å². The third kappa shape index (κ3) is 19.5. The van der Waals surface area contributed by atoms with Crippen LogP contribution in [0.4, 0.5) is 0 Å². The number of carbonyl (C=O) groups is 1. The summed E-state index contributed by atoms with van der Waals surface area (Å²) in [5.74, 6) is -0.693. The second-order valence-electron chi connectivity index (χ2n) is 7.32. The maximum absolute atomic E-state index is 10.4. The average molecular weight is 343 g/mol. The molecule has 0 saturated heterocycles. The SMILES string of the molecule is CCCCCCCCCCCCC(O)CCCCCCCC(=O)O. The van der Waals surface area contributed by atoms with Crippen molar-refractivity contribution in [3.8, 4) is 0 Å². The van der Waals surface area contributed by atoms with E-state index in [9.17, 15) is 9.90 Å². The van der Waals surface area contributed by atoms with Crippen LogP contribution in [-0.2, 0) is 4.79 Å². The second-order valence-corrected chi connectivity index (χ2v) is 7.32. The largest absolute Gasteiger partial charge is 0.481 e. The van der Waals surface area contributed by atoms with Gasteiger partial charge < -0.3 is 10.2 Å². The summed E-state index contributed by atoms with van der Waals surface area (Å²) < 4.78 is 0. The van der Waals surface area contributed by atoms with Crippen molar-refractivity contribution in [1.82, 2.24) is 0 Å². The van der Waals surface area contributed by atoms with Crippen molar-refractivity contribution in [2.24, 2.45) is 0 Å². The first-order valence-corrected chi connectivity index (χ1v) is 10.6. The van der Waals surface area contributed by atoms with Crippen LogP contribution in [0.5, 0.6) is 0 Å². The fraction of sp³-hybridized carbons (Fsp3) is 0.952. The van der Waals surface area contributed by atoms with Gasteiger partial charge in [-0.05, 0) is 19.3 Å². The zero-order chi connectivity index (χ0) is 17.9. The van der Waals surface area contributed by atoms with Gasteiger partial charge in [0, 0.05) is 6.42 Å². The van der Waals surface area contributed by atoms with Gasteiger partial charge in [0.1, 0.15) is 0 Å². The Morgan fingerprint density at radius 1 is 0.667 bits per heavy atom. The fourth-order valence-electron chi connectivity index (χ4n) is 3.20. The van der Waals surface area contributed by atoms with E-state index in [4.69, 9.17) is 5.11 Å². The Morgan fingerprint density at radius 2 is 1.04 bits per heavy atom. The van der Waals surface area contributed by atoms with E-state index in [1.165, 1.54) is 57.8 Å². The lowest BCUT2D eigenvalue weighted by Gasteiger charge is -2.10. The molecule has 0 fully saturated rings. The molecule has 0 radical (unpaired) electrons. The van der Waals surface area contributed by atoms with Gasteiger partial charge in [0.15, 0.2) is 0 Å². The smallest absolute Gasteiger partial charge is 0.303 e. The standard InChI is InChI=1S/C21H42O3/c1-2-3-4-5-6-7-8-9-11-14-17-20(22)18-15-12-10-13-16-19-21(23)24/h20,22H,2-19H2,1H3,(H,23,24). The van der Waals surface area contributed by atoms with Gasteiger partial charge in [0.05, 0.1) is 6.10 Å². The lowest BCUT2D eigenvalue weighted by Crippen LogP contribution is -2.05. The van der Waals surface area contributed by atoms with Crippen molar-refractivity contribution >= 4 is 5.97 Å². The highest BCUT2D eigenvalue weighted by atomic mass is 16.4. The maximum Gasteiger partial charge on any atom is 0.303 e. The van der Waals surface area contributed by atoms with Gasteiger partial charge in [0.25, 0.3) is 0 Å². The molecule has 0 rings (SSSR count). The van der Waals surface area contributed by atoms with E-state index < -0.39 is 5.97 Å². The lowest BCUT2D eigenvalue weighted by atomic mass is 10.0. The van der Waals surface area contributed by atoms with Crippen LogP contribution in [0.25, 0.3) is 0 Å². The van der Waals surface area contributed by atoms with Crippen LogP contribution in [0.15, 0.2) is 0 Å². The van der Waals surface area contributed by atoms with Crippen molar-refractivity contribution in [3.63, 3.8) is 0 Å². The highest BCUT2D eigenvalue weighted by Gasteiger charge is 2.04. The molecule has 0 aliphatic heterocycles. The molecule has 0 aromatic heterocycles. The average Bonchev–Trinajstić information content (AvgIpc) is 2.55. The minimum Gasteiger partial charge on any atom is -0.481 e. The summed E-state index contributed by atoms with van der Waals surface area (Å²) in [7, 11) is 0. The minimum absolute atomic E-state index is 0.127.